The molecule has 1 N–H and O–H groups in total. The van der Waals surface area contributed by atoms with Gasteiger partial charge in [-0.3, -0.25) is 4.98 Å². The van der Waals surface area contributed by atoms with Gasteiger partial charge in [0.05, 0.1) is 18.4 Å². The van der Waals surface area contributed by atoms with E-state index in [1.54, 1.807) is 12.4 Å². The molecule has 3 heterocycles. The minimum Gasteiger partial charge on any atom is -0.466 e. The van der Waals surface area contributed by atoms with Crippen molar-refractivity contribution in [3.8, 4) is 0 Å². The maximum Gasteiger partial charge on any atom is 0.338 e. The first-order valence-electron chi connectivity index (χ1n) is 6.22. The molecule has 20 heavy (non-hydrogen) atoms. The van der Waals surface area contributed by atoms with Crippen LogP contribution in [0.3, 0.4) is 0 Å². The number of esters is 1. The van der Waals surface area contributed by atoms with Gasteiger partial charge >= 0.3 is 5.97 Å². The van der Waals surface area contributed by atoms with Crippen LogP contribution in [0.15, 0.2) is 48.1 Å². The zero-order valence-corrected chi connectivity index (χ0v) is 11.2. The monoisotopic (exact) mass is 270 g/mol. The number of hydrogen-bond acceptors (Lipinski definition) is 5. The number of imidazole rings is 1. The topological polar surface area (TPSA) is 69.0 Å². The number of carbonyl (C=O) groups excluding carboxylic acids is 1. The van der Waals surface area contributed by atoms with Crippen molar-refractivity contribution in [2.24, 2.45) is 0 Å². The molecule has 6 heteroatoms. The molecule has 0 radical (unpaired) electrons. The van der Waals surface area contributed by atoms with E-state index in [0.717, 1.165) is 11.4 Å². The van der Waals surface area contributed by atoms with E-state index in [-0.39, 0.29) is 12.0 Å². The highest BCUT2D eigenvalue weighted by atomic mass is 16.5. The summed E-state index contributed by atoms with van der Waals surface area (Å²) in [5.41, 5.74) is 2.04. The summed E-state index contributed by atoms with van der Waals surface area (Å²) in [6.45, 7) is 1.83. The van der Waals surface area contributed by atoms with E-state index in [2.05, 4.69) is 15.3 Å². The van der Waals surface area contributed by atoms with Gasteiger partial charge < -0.3 is 14.6 Å². The van der Waals surface area contributed by atoms with Gasteiger partial charge in [-0.2, -0.15) is 0 Å². The highest BCUT2D eigenvalue weighted by Gasteiger charge is 2.33. The maximum absolute atomic E-state index is 12.1. The van der Waals surface area contributed by atoms with Crippen molar-refractivity contribution in [1.29, 1.82) is 0 Å². The lowest BCUT2D eigenvalue weighted by Crippen LogP contribution is -2.28. The summed E-state index contributed by atoms with van der Waals surface area (Å²) in [5.74, 6) is 0.316. The number of anilines is 1. The van der Waals surface area contributed by atoms with Crippen LogP contribution in [0, 0.1) is 0 Å². The fraction of sp³-hybridized carbons (Fsp3) is 0.214. The Morgan fingerprint density at radius 2 is 2.20 bits per heavy atom. The molecule has 2 aromatic rings. The number of aromatic nitrogens is 3. The van der Waals surface area contributed by atoms with E-state index in [1.807, 2.05) is 35.9 Å². The standard InChI is InChI=1S/C14H14N4O2/c1-9-11(13(19)20-2)12(10-5-3-4-6-15-10)18-8-7-16-14(18)17-9/h3-8,12H,1-2H3,(H,16,17). The normalized spacial score (nSPS) is 17.4. The molecule has 102 valence electrons. The lowest BCUT2D eigenvalue weighted by Gasteiger charge is -2.28. The van der Waals surface area contributed by atoms with E-state index >= 15 is 0 Å². The summed E-state index contributed by atoms with van der Waals surface area (Å²) in [6.07, 6.45) is 5.21. The van der Waals surface area contributed by atoms with E-state index in [1.165, 1.54) is 7.11 Å². The number of pyridine rings is 1. The van der Waals surface area contributed by atoms with Gasteiger partial charge in [0.15, 0.2) is 0 Å². The SMILES string of the molecule is COC(=O)C1=C(C)Nc2nccn2C1c1ccccn1. The van der Waals surface area contributed by atoms with Crippen LogP contribution in [-0.2, 0) is 9.53 Å². The zero-order chi connectivity index (χ0) is 14.1. The average molecular weight is 270 g/mol. The van der Waals surface area contributed by atoms with Crippen molar-refractivity contribution in [2.75, 3.05) is 12.4 Å². The zero-order valence-electron chi connectivity index (χ0n) is 11.2. The van der Waals surface area contributed by atoms with Crippen LogP contribution in [0.4, 0.5) is 5.95 Å². The van der Waals surface area contributed by atoms with Crippen LogP contribution in [0.25, 0.3) is 0 Å². The number of methoxy groups -OCH3 is 1. The van der Waals surface area contributed by atoms with Crippen LogP contribution >= 0.6 is 0 Å². The van der Waals surface area contributed by atoms with Gasteiger partial charge in [0.2, 0.25) is 5.95 Å². The lowest BCUT2D eigenvalue weighted by molar-refractivity contribution is -0.136. The summed E-state index contributed by atoms with van der Waals surface area (Å²) in [5, 5.41) is 3.11. The molecule has 1 aliphatic heterocycles. The van der Waals surface area contributed by atoms with Crippen molar-refractivity contribution < 1.29 is 9.53 Å². The molecule has 0 aromatic carbocycles. The number of ether oxygens (including phenoxy) is 1. The van der Waals surface area contributed by atoms with Gasteiger partial charge in [-0.15, -0.1) is 0 Å². The van der Waals surface area contributed by atoms with Crippen molar-refractivity contribution in [3.05, 3.63) is 53.8 Å². The summed E-state index contributed by atoms with van der Waals surface area (Å²) in [7, 11) is 1.38. The largest absolute Gasteiger partial charge is 0.466 e. The van der Waals surface area contributed by atoms with Gasteiger partial charge in [0.25, 0.3) is 0 Å². The molecule has 0 bridgehead atoms. The second kappa shape index (κ2) is 4.80. The van der Waals surface area contributed by atoms with Crippen LogP contribution in [0.2, 0.25) is 0 Å². The molecule has 0 saturated carbocycles. The van der Waals surface area contributed by atoms with E-state index in [9.17, 15) is 4.79 Å². The molecule has 0 spiro atoms. The van der Waals surface area contributed by atoms with Crippen molar-refractivity contribution in [2.45, 2.75) is 13.0 Å². The van der Waals surface area contributed by atoms with Crippen LogP contribution in [-0.4, -0.2) is 27.6 Å². The maximum atomic E-state index is 12.1. The predicted molar refractivity (Wildman–Crippen MR) is 72.9 cm³/mol. The summed E-state index contributed by atoms with van der Waals surface area (Å²) in [4.78, 5) is 20.7. The lowest BCUT2D eigenvalue weighted by atomic mass is 9.99. The number of hydrogen-bond donors (Lipinski definition) is 1. The quantitative estimate of drug-likeness (QED) is 0.842. The van der Waals surface area contributed by atoms with Crippen molar-refractivity contribution in [1.82, 2.24) is 14.5 Å². The van der Waals surface area contributed by atoms with Crippen molar-refractivity contribution >= 4 is 11.9 Å². The third kappa shape index (κ3) is 1.85. The Balaban J connectivity index is 2.19. The van der Waals surface area contributed by atoms with Gasteiger partial charge in [0.1, 0.15) is 6.04 Å². The fourth-order valence-corrected chi connectivity index (χ4v) is 2.40. The predicted octanol–water partition coefficient (Wildman–Crippen LogP) is 1.74. The number of allylic oxidation sites excluding steroid dienone is 1. The number of nitrogens with one attached hydrogen (secondary N) is 1. The number of rotatable bonds is 2. The van der Waals surface area contributed by atoms with E-state index in [4.69, 9.17) is 4.74 Å². The third-order valence-electron chi connectivity index (χ3n) is 3.30. The summed E-state index contributed by atoms with van der Waals surface area (Å²) >= 11 is 0. The highest BCUT2D eigenvalue weighted by Crippen LogP contribution is 2.34. The van der Waals surface area contributed by atoms with Crippen LogP contribution in [0.1, 0.15) is 18.7 Å². The Morgan fingerprint density at radius 3 is 2.90 bits per heavy atom. The van der Waals surface area contributed by atoms with Gasteiger partial charge in [-0.1, -0.05) is 6.07 Å². The molecule has 1 atom stereocenters. The molecule has 2 aromatic heterocycles. The molecule has 0 fully saturated rings. The average Bonchev–Trinajstić information content (AvgIpc) is 2.93. The first-order valence-corrected chi connectivity index (χ1v) is 6.22. The van der Waals surface area contributed by atoms with Gasteiger partial charge in [-0.25, -0.2) is 9.78 Å². The van der Waals surface area contributed by atoms with E-state index in [0.29, 0.717) is 11.5 Å². The fourth-order valence-electron chi connectivity index (χ4n) is 2.40. The molecule has 0 aliphatic carbocycles. The second-order valence-corrected chi connectivity index (χ2v) is 4.47. The Kier molecular flexibility index (Phi) is 2.98. The highest BCUT2D eigenvalue weighted by molar-refractivity contribution is 5.92. The first kappa shape index (κ1) is 12.4. The molecule has 0 saturated heterocycles. The minimum atomic E-state index is -0.370. The smallest absolute Gasteiger partial charge is 0.338 e. The van der Waals surface area contributed by atoms with Crippen LogP contribution < -0.4 is 5.32 Å². The van der Waals surface area contributed by atoms with E-state index < -0.39 is 0 Å². The molecular formula is C14H14N4O2. The third-order valence-corrected chi connectivity index (χ3v) is 3.30. The van der Waals surface area contributed by atoms with Crippen molar-refractivity contribution in [3.63, 3.8) is 0 Å². The minimum absolute atomic E-state index is 0.331. The summed E-state index contributed by atoms with van der Waals surface area (Å²) in [6, 6.07) is 5.29. The van der Waals surface area contributed by atoms with Gasteiger partial charge in [0, 0.05) is 24.3 Å². The summed E-state index contributed by atoms with van der Waals surface area (Å²) < 4.78 is 6.78. The molecular weight excluding hydrogens is 256 g/mol. The molecule has 1 aliphatic rings. The Labute approximate surface area is 116 Å². The molecule has 6 nitrogen and oxygen atoms in total. The number of fused-ring (bicyclic) bond motifs is 1. The molecule has 0 amide bonds. The van der Waals surface area contributed by atoms with Gasteiger partial charge in [-0.05, 0) is 19.1 Å². The Morgan fingerprint density at radius 1 is 1.35 bits per heavy atom. The Hall–Kier alpha value is -2.63. The Bertz CT molecular complexity index is 675. The van der Waals surface area contributed by atoms with Crippen LogP contribution in [0.5, 0.6) is 0 Å². The number of carbonyl (C=O) groups is 1. The first-order chi connectivity index (χ1) is 9.72. The number of nitrogens with zero attached hydrogens (tertiary/aromatic N) is 3. The molecule has 1 unspecified atom stereocenters. The second-order valence-electron chi connectivity index (χ2n) is 4.47. The molecule has 3 rings (SSSR count).